The molecule has 1 aliphatic heterocycles. The maximum atomic E-state index is 14.1. The van der Waals surface area contributed by atoms with Crippen LogP contribution in [0, 0.1) is 23.5 Å². The molecule has 204 valence electrons. The molecule has 1 saturated carbocycles. The third-order valence-corrected chi connectivity index (χ3v) is 12.5. The van der Waals surface area contributed by atoms with E-state index in [2.05, 4.69) is 11.7 Å². The third kappa shape index (κ3) is 8.08. The first-order valence-electron chi connectivity index (χ1n) is 14.5. The van der Waals surface area contributed by atoms with Gasteiger partial charge in [0, 0.05) is 8.80 Å². The summed E-state index contributed by atoms with van der Waals surface area (Å²) in [6.45, 7) is -0.972. The molecule has 0 atom stereocenters. The van der Waals surface area contributed by atoms with E-state index in [1.165, 1.54) is 76.2 Å². The van der Waals surface area contributed by atoms with E-state index in [4.69, 9.17) is 0 Å². The summed E-state index contributed by atoms with van der Waals surface area (Å²) in [5.41, 5.74) is 2.23. The fourth-order valence-electron chi connectivity index (χ4n) is 6.62. The van der Waals surface area contributed by atoms with Crippen LogP contribution >= 0.6 is 0 Å². The summed E-state index contributed by atoms with van der Waals surface area (Å²) in [6.07, 6.45) is 15.0. The molecule has 37 heavy (non-hydrogen) atoms. The first-order valence-corrected chi connectivity index (χ1v) is 16.9. The largest absolute Gasteiger partial charge is 0.429 e. The first-order chi connectivity index (χ1) is 17.9. The van der Waals surface area contributed by atoms with E-state index in [1.54, 1.807) is 18.1 Å². The van der Waals surface area contributed by atoms with E-state index < -0.39 is 32.8 Å². The number of ether oxygens (including phenoxy) is 1. The standard InChI is InChI=1S/C31H42F4OSi/c1-2-3-4-17-37-18-15-23(16-19-37)6-5-22-7-9-24(10-8-22)25-11-13-26(14-12-25)27-20-28(32)30(29(33)21-27)36-31(34)35/h11-14,20-24,31,37H,2-10,15-19H2,1H3. The Balaban J connectivity index is 1.21. The van der Waals surface area contributed by atoms with Crippen molar-refractivity contribution in [2.75, 3.05) is 0 Å². The topological polar surface area (TPSA) is 9.23 Å². The highest BCUT2D eigenvalue weighted by molar-refractivity contribution is 6.58. The molecule has 0 unspecified atom stereocenters. The van der Waals surface area contributed by atoms with Crippen LogP contribution in [0.1, 0.15) is 89.0 Å². The molecule has 4 rings (SSSR count). The first kappa shape index (κ1) is 28.2. The summed E-state index contributed by atoms with van der Waals surface area (Å²) in [5.74, 6) is -0.922. The van der Waals surface area contributed by atoms with Crippen LogP contribution in [-0.4, -0.2) is 15.4 Å². The lowest BCUT2D eigenvalue weighted by atomic mass is 9.76. The molecule has 0 spiro atoms. The van der Waals surface area contributed by atoms with Gasteiger partial charge >= 0.3 is 6.61 Å². The second-order valence-electron chi connectivity index (χ2n) is 11.4. The van der Waals surface area contributed by atoms with Crippen molar-refractivity contribution >= 4 is 8.80 Å². The summed E-state index contributed by atoms with van der Waals surface area (Å²) < 4.78 is 57.0. The minimum Gasteiger partial charge on any atom is -0.429 e. The van der Waals surface area contributed by atoms with Crippen molar-refractivity contribution in [1.29, 1.82) is 0 Å². The van der Waals surface area contributed by atoms with E-state index in [1.807, 2.05) is 24.3 Å². The Labute approximate surface area is 221 Å². The van der Waals surface area contributed by atoms with E-state index in [0.717, 1.165) is 24.0 Å². The SMILES string of the molecule is CCCCC[SiH]1CCC(CCC2CCC(c3ccc(-c4cc(F)c(OC(F)F)c(F)c4)cc3)CC2)CC1. The van der Waals surface area contributed by atoms with E-state index in [-0.39, 0.29) is 0 Å². The molecule has 1 heterocycles. The van der Waals surface area contributed by atoms with Crippen molar-refractivity contribution in [3.8, 4) is 16.9 Å². The molecule has 1 nitrogen and oxygen atoms in total. The summed E-state index contributed by atoms with van der Waals surface area (Å²) >= 11 is 0. The van der Waals surface area contributed by atoms with Gasteiger partial charge in [-0.2, -0.15) is 8.78 Å². The van der Waals surface area contributed by atoms with Gasteiger partial charge < -0.3 is 4.74 Å². The number of benzene rings is 2. The highest BCUT2D eigenvalue weighted by atomic mass is 28.3. The Bertz CT molecular complexity index is 941. The predicted molar refractivity (Wildman–Crippen MR) is 146 cm³/mol. The zero-order valence-corrected chi connectivity index (χ0v) is 23.3. The van der Waals surface area contributed by atoms with Crippen molar-refractivity contribution in [2.45, 2.75) is 108 Å². The molecule has 2 fully saturated rings. The molecule has 1 saturated heterocycles. The van der Waals surface area contributed by atoms with Crippen LogP contribution in [0.25, 0.3) is 11.1 Å². The van der Waals surface area contributed by atoms with E-state index in [9.17, 15) is 17.6 Å². The Hall–Kier alpha value is -1.82. The Morgan fingerprint density at radius 3 is 1.97 bits per heavy atom. The fraction of sp³-hybridized carbons (Fsp3) is 0.613. The summed E-state index contributed by atoms with van der Waals surface area (Å²) in [4.78, 5) is 0. The second-order valence-corrected chi connectivity index (χ2v) is 14.9. The van der Waals surface area contributed by atoms with Gasteiger partial charge in [-0.05, 0) is 72.3 Å². The molecule has 0 amide bonds. The average molecular weight is 535 g/mol. The van der Waals surface area contributed by atoms with Gasteiger partial charge in [0.05, 0.1) is 0 Å². The number of hydrogen-bond donors (Lipinski definition) is 0. The van der Waals surface area contributed by atoms with Crippen molar-refractivity contribution < 1.29 is 22.3 Å². The fourth-order valence-corrected chi connectivity index (χ4v) is 10.2. The van der Waals surface area contributed by atoms with Gasteiger partial charge in [-0.3, -0.25) is 0 Å². The van der Waals surface area contributed by atoms with E-state index >= 15 is 0 Å². The number of alkyl halides is 2. The van der Waals surface area contributed by atoms with Crippen LogP contribution in [0.2, 0.25) is 18.1 Å². The van der Waals surface area contributed by atoms with Gasteiger partial charge in [0.25, 0.3) is 0 Å². The second kappa shape index (κ2) is 13.8. The normalized spacial score (nSPS) is 24.4. The molecule has 0 radical (unpaired) electrons. The maximum Gasteiger partial charge on any atom is 0.387 e. The van der Waals surface area contributed by atoms with Gasteiger partial charge in [-0.25, -0.2) is 8.78 Å². The lowest BCUT2D eigenvalue weighted by Crippen LogP contribution is -2.22. The summed E-state index contributed by atoms with van der Waals surface area (Å²) in [5, 5.41) is 0. The average Bonchev–Trinajstić information content (AvgIpc) is 2.90. The van der Waals surface area contributed by atoms with Crippen molar-refractivity contribution in [3.63, 3.8) is 0 Å². The number of halogens is 4. The van der Waals surface area contributed by atoms with E-state index in [0.29, 0.717) is 17.0 Å². The van der Waals surface area contributed by atoms with Gasteiger partial charge in [0.2, 0.25) is 0 Å². The van der Waals surface area contributed by atoms with Gasteiger partial charge in [0.1, 0.15) is 0 Å². The molecule has 0 N–H and O–H groups in total. The van der Waals surface area contributed by atoms with Crippen LogP contribution in [0.3, 0.4) is 0 Å². The van der Waals surface area contributed by atoms with Crippen LogP contribution in [0.4, 0.5) is 17.6 Å². The van der Waals surface area contributed by atoms with Gasteiger partial charge in [0.15, 0.2) is 17.4 Å². The Kier molecular flexibility index (Phi) is 10.5. The lowest BCUT2D eigenvalue weighted by Gasteiger charge is -2.32. The van der Waals surface area contributed by atoms with Crippen LogP contribution in [-0.2, 0) is 0 Å². The number of hydrogen-bond acceptors (Lipinski definition) is 1. The van der Waals surface area contributed by atoms with Crippen molar-refractivity contribution in [1.82, 2.24) is 0 Å². The summed E-state index contributed by atoms with van der Waals surface area (Å²) in [7, 11) is -0.406. The highest BCUT2D eigenvalue weighted by Crippen LogP contribution is 2.40. The minimum absolute atomic E-state index is 0.310. The molecule has 0 aromatic heterocycles. The highest BCUT2D eigenvalue weighted by Gasteiger charge is 2.26. The molecule has 2 aliphatic rings. The molecule has 6 heteroatoms. The monoisotopic (exact) mass is 534 g/mol. The van der Waals surface area contributed by atoms with Crippen LogP contribution < -0.4 is 4.74 Å². The lowest BCUT2D eigenvalue weighted by molar-refractivity contribution is -0.0546. The quantitative estimate of drug-likeness (QED) is 0.158. The van der Waals surface area contributed by atoms with Crippen molar-refractivity contribution in [3.05, 3.63) is 53.6 Å². The summed E-state index contributed by atoms with van der Waals surface area (Å²) in [6, 6.07) is 14.7. The molecule has 2 aromatic carbocycles. The minimum atomic E-state index is -3.27. The zero-order valence-electron chi connectivity index (χ0n) is 22.2. The smallest absolute Gasteiger partial charge is 0.387 e. The molecule has 2 aromatic rings. The predicted octanol–water partition coefficient (Wildman–Crippen LogP) is 10.1. The van der Waals surface area contributed by atoms with Gasteiger partial charge in [-0.1, -0.05) is 94.3 Å². The van der Waals surface area contributed by atoms with Crippen molar-refractivity contribution in [2.24, 2.45) is 11.8 Å². The Morgan fingerprint density at radius 2 is 1.41 bits per heavy atom. The Morgan fingerprint density at radius 1 is 0.811 bits per heavy atom. The third-order valence-electron chi connectivity index (χ3n) is 8.93. The molecule has 0 bridgehead atoms. The van der Waals surface area contributed by atoms with Crippen LogP contribution in [0.5, 0.6) is 5.75 Å². The molecule has 1 aliphatic carbocycles. The molecular formula is C31H42F4OSi. The maximum absolute atomic E-state index is 14.1. The number of rotatable bonds is 11. The zero-order chi connectivity index (χ0) is 26.2. The van der Waals surface area contributed by atoms with Crippen LogP contribution in [0.15, 0.2) is 36.4 Å². The van der Waals surface area contributed by atoms with Gasteiger partial charge in [-0.15, -0.1) is 0 Å². The number of unbranched alkanes of at least 4 members (excludes halogenated alkanes) is 2. The molecular weight excluding hydrogens is 492 g/mol.